The summed E-state index contributed by atoms with van der Waals surface area (Å²) in [7, 11) is 2.07. The van der Waals surface area contributed by atoms with Gasteiger partial charge < -0.3 is 15.0 Å². The van der Waals surface area contributed by atoms with Gasteiger partial charge in [-0.15, -0.1) is 0 Å². The zero-order valence-electron chi connectivity index (χ0n) is 12.2. The zero-order valence-corrected chi connectivity index (χ0v) is 12.2. The lowest BCUT2D eigenvalue weighted by molar-refractivity contribution is -0.140. The average Bonchev–Trinajstić information content (AvgIpc) is 2.47. The Morgan fingerprint density at radius 3 is 2.63 bits per heavy atom. The lowest BCUT2D eigenvalue weighted by Gasteiger charge is -2.35. The van der Waals surface area contributed by atoms with E-state index in [2.05, 4.69) is 17.3 Å². The molecule has 0 radical (unpaired) electrons. The largest absolute Gasteiger partial charge is 0.378 e. The number of morpholine rings is 1. The number of likely N-dealkylation sites (N-methyl/N-ethyl adjacent to an activating group) is 1. The average molecular weight is 269 g/mol. The Morgan fingerprint density at radius 2 is 2.00 bits per heavy atom. The molecule has 2 aliphatic heterocycles. The molecule has 2 saturated heterocycles. The Bertz CT molecular complexity index is 286. The van der Waals surface area contributed by atoms with Crippen LogP contribution in [0.1, 0.15) is 19.8 Å². The van der Waals surface area contributed by atoms with Gasteiger partial charge in [0.2, 0.25) is 5.91 Å². The van der Waals surface area contributed by atoms with Gasteiger partial charge in [0.05, 0.1) is 19.3 Å². The molecule has 0 saturated carbocycles. The van der Waals surface area contributed by atoms with Crippen LogP contribution in [0.2, 0.25) is 0 Å². The van der Waals surface area contributed by atoms with Crippen molar-refractivity contribution >= 4 is 5.91 Å². The zero-order chi connectivity index (χ0) is 13.7. The van der Waals surface area contributed by atoms with Gasteiger partial charge in [0.15, 0.2) is 0 Å². The molecule has 0 aromatic heterocycles. The highest BCUT2D eigenvalue weighted by Gasteiger charge is 2.26. The van der Waals surface area contributed by atoms with Crippen LogP contribution in [-0.2, 0) is 9.53 Å². The number of carbonyl (C=O) groups is 1. The highest BCUT2D eigenvalue weighted by Crippen LogP contribution is 2.15. The number of amides is 1. The van der Waals surface area contributed by atoms with Gasteiger partial charge in [0.25, 0.3) is 0 Å². The summed E-state index contributed by atoms with van der Waals surface area (Å²) in [5, 5.41) is 3.38. The van der Waals surface area contributed by atoms with Crippen molar-refractivity contribution < 1.29 is 9.53 Å². The summed E-state index contributed by atoms with van der Waals surface area (Å²) < 4.78 is 5.30. The molecular weight excluding hydrogens is 242 g/mol. The molecule has 19 heavy (non-hydrogen) atoms. The predicted molar refractivity (Wildman–Crippen MR) is 75.1 cm³/mol. The number of piperidine rings is 1. The number of hydrogen-bond donors (Lipinski definition) is 1. The van der Waals surface area contributed by atoms with Gasteiger partial charge in [0.1, 0.15) is 0 Å². The number of ether oxygens (including phenoxy) is 1. The molecule has 2 aliphatic rings. The number of rotatable bonds is 4. The fraction of sp³-hybridized carbons (Fsp3) is 0.929. The summed E-state index contributed by atoms with van der Waals surface area (Å²) >= 11 is 0. The first-order valence-electron chi connectivity index (χ1n) is 7.46. The first kappa shape index (κ1) is 14.8. The molecule has 0 aromatic rings. The minimum Gasteiger partial charge on any atom is -0.378 e. The molecule has 1 N–H and O–H groups in total. The van der Waals surface area contributed by atoms with Crippen LogP contribution in [0.15, 0.2) is 0 Å². The molecule has 2 heterocycles. The third-order valence-electron chi connectivity index (χ3n) is 4.35. The Balaban J connectivity index is 1.79. The molecule has 1 atom stereocenters. The van der Waals surface area contributed by atoms with E-state index in [1.807, 2.05) is 11.8 Å². The molecular formula is C14H27N3O2. The summed E-state index contributed by atoms with van der Waals surface area (Å²) in [6.07, 6.45) is 2.45. The second-order valence-corrected chi connectivity index (χ2v) is 5.75. The molecule has 1 amide bonds. The lowest BCUT2D eigenvalue weighted by atomic mass is 9.97. The van der Waals surface area contributed by atoms with Gasteiger partial charge in [-0.1, -0.05) is 0 Å². The van der Waals surface area contributed by atoms with Gasteiger partial charge in [0, 0.05) is 19.6 Å². The van der Waals surface area contributed by atoms with Crippen LogP contribution in [0, 0.1) is 5.92 Å². The standard InChI is InChI=1S/C14H27N3O2/c1-12(14(18)17-7-9-19-10-8-17)16(2)11-13-3-5-15-6-4-13/h12-13,15H,3-11H2,1-2H3. The molecule has 1 unspecified atom stereocenters. The Morgan fingerprint density at radius 1 is 1.37 bits per heavy atom. The van der Waals surface area contributed by atoms with E-state index in [-0.39, 0.29) is 11.9 Å². The van der Waals surface area contributed by atoms with E-state index in [0.717, 1.165) is 38.6 Å². The fourth-order valence-electron chi connectivity index (χ4n) is 2.87. The van der Waals surface area contributed by atoms with Crippen LogP contribution in [0.5, 0.6) is 0 Å². The van der Waals surface area contributed by atoms with Crippen molar-refractivity contribution in [2.24, 2.45) is 5.92 Å². The van der Waals surface area contributed by atoms with Crippen molar-refractivity contribution in [3.63, 3.8) is 0 Å². The predicted octanol–water partition coefficient (Wildman–Crippen LogP) is 0.165. The maximum absolute atomic E-state index is 12.4. The maximum atomic E-state index is 12.4. The number of hydrogen-bond acceptors (Lipinski definition) is 4. The Labute approximate surface area is 116 Å². The van der Waals surface area contributed by atoms with Crippen molar-refractivity contribution in [1.82, 2.24) is 15.1 Å². The van der Waals surface area contributed by atoms with Crippen molar-refractivity contribution in [3.8, 4) is 0 Å². The minimum absolute atomic E-state index is 0.0204. The smallest absolute Gasteiger partial charge is 0.239 e. The molecule has 0 spiro atoms. The van der Waals surface area contributed by atoms with Crippen LogP contribution >= 0.6 is 0 Å². The van der Waals surface area contributed by atoms with Gasteiger partial charge in [-0.05, 0) is 45.8 Å². The normalized spacial score (nSPS) is 23.6. The molecule has 110 valence electrons. The molecule has 5 nitrogen and oxygen atoms in total. The van der Waals surface area contributed by atoms with E-state index in [4.69, 9.17) is 4.74 Å². The monoisotopic (exact) mass is 269 g/mol. The molecule has 0 aliphatic carbocycles. The number of nitrogens with one attached hydrogen (secondary N) is 1. The second kappa shape index (κ2) is 7.22. The molecule has 5 heteroatoms. The highest BCUT2D eigenvalue weighted by atomic mass is 16.5. The quantitative estimate of drug-likeness (QED) is 0.790. The molecule has 2 fully saturated rings. The van der Waals surface area contributed by atoms with E-state index in [0.29, 0.717) is 13.2 Å². The fourth-order valence-corrected chi connectivity index (χ4v) is 2.87. The first-order valence-corrected chi connectivity index (χ1v) is 7.46. The van der Waals surface area contributed by atoms with Crippen LogP contribution in [-0.4, -0.2) is 74.7 Å². The molecule has 0 bridgehead atoms. The summed E-state index contributed by atoms with van der Waals surface area (Å²) in [6, 6.07) is -0.0204. The van der Waals surface area contributed by atoms with Gasteiger partial charge >= 0.3 is 0 Å². The summed E-state index contributed by atoms with van der Waals surface area (Å²) in [5.41, 5.74) is 0. The lowest BCUT2D eigenvalue weighted by Crippen LogP contribution is -2.50. The SMILES string of the molecule is CC(C(=O)N1CCOCC1)N(C)CC1CCNCC1. The third kappa shape index (κ3) is 4.16. The Hall–Kier alpha value is -0.650. The summed E-state index contributed by atoms with van der Waals surface area (Å²) in [6.45, 7) is 8.12. The van der Waals surface area contributed by atoms with E-state index < -0.39 is 0 Å². The van der Waals surface area contributed by atoms with Gasteiger partial charge in [-0.3, -0.25) is 9.69 Å². The third-order valence-corrected chi connectivity index (χ3v) is 4.35. The Kier molecular flexibility index (Phi) is 5.60. The summed E-state index contributed by atoms with van der Waals surface area (Å²) in [5.74, 6) is 0.978. The maximum Gasteiger partial charge on any atom is 0.239 e. The van der Waals surface area contributed by atoms with Crippen molar-refractivity contribution in [3.05, 3.63) is 0 Å². The first-order chi connectivity index (χ1) is 9.18. The van der Waals surface area contributed by atoms with Crippen LogP contribution < -0.4 is 5.32 Å². The number of nitrogens with zero attached hydrogens (tertiary/aromatic N) is 2. The minimum atomic E-state index is -0.0204. The van der Waals surface area contributed by atoms with E-state index >= 15 is 0 Å². The van der Waals surface area contributed by atoms with E-state index in [1.165, 1.54) is 12.8 Å². The molecule has 2 rings (SSSR count). The van der Waals surface area contributed by atoms with E-state index in [9.17, 15) is 4.79 Å². The summed E-state index contributed by atoms with van der Waals surface area (Å²) in [4.78, 5) is 16.6. The van der Waals surface area contributed by atoms with Crippen molar-refractivity contribution in [2.75, 3.05) is 53.0 Å². The van der Waals surface area contributed by atoms with E-state index in [1.54, 1.807) is 0 Å². The highest BCUT2D eigenvalue weighted by molar-refractivity contribution is 5.81. The number of carbonyl (C=O) groups excluding carboxylic acids is 1. The van der Waals surface area contributed by atoms with Crippen molar-refractivity contribution in [2.45, 2.75) is 25.8 Å². The van der Waals surface area contributed by atoms with Crippen molar-refractivity contribution in [1.29, 1.82) is 0 Å². The van der Waals surface area contributed by atoms with Gasteiger partial charge in [-0.25, -0.2) is 0 Å². The second-order valence-electron chi connectivity index (χ2n) is 5.75. The molecule has 0 aromatic carbocycles. The van der Waals surface area contributed by atoms with Crippen LogP contribution in [0.25, 0.3) is 0 Å². The van der Waals surface area contributed by atoms with Gasteiger partial charge in [-0.2, -0.15) is 0 Å². The topological polar surface area (TPSA) is 44.8 Å². The van der Waals surface area contributed by atoms with Crippen LogP contribution in [0.3, 0.4) is 0 Å². The van der Waals surface area contributed by atoms with Crippen LogP contribution in [0.4, 0.5) is 0 Å².